The van der Waals surface area contributed by atoms with Gasteiger partial charge in [0, 0.05) is 44.0 Å². The molecule has 0 amide bonds. The first-order valence-corrected chi connectivity index (χ1v) is 18.8. The average Bonchev–Trinajstić information content (AvgIpc) is 3.81. The fourth-order valence-electron chi connectivity index (χ4n) is 8.40. The number of rotatable bonds is 6. The predicted molar refractivity (Wildman–Crippen MR) is 231 cm³/mol. The summed E-state index contributed by atoms with van der Waals surface area (Å²) in [6, 6.07) is 73.9. The maximum absolute atomic E-state index is 6.56. The van der Waals surface area contributed by atoms with Crippen molar-refractivity contribution in [2.75, 3.05) is 4.90 Å². The molecule has 3 nitrogen and oxygen atoms in total. The summed E-state index contributed by atoms with van der Waals surface area (Å²) >= 11 is 0. The van der Waals surface area contributed by atoms with E-state index in [4.69, 9.17) is 4.42 Å². The van der Waals surface area contributed by atoms with Crippen molar-refractivity contribution in [2.24, 2.45) is 0 Å². The van der Waals surface area contributed by atoms with E-state index in [9.17, 15) is 0 Å². The van der Waals surface area contributed by atoms with Crippen LogP contribution >= 0.6 is 0 Å². The molecule has 9 aromatic carbocycles. The van der Waals surface area contributed by atoms with Crippen molar-refractivity contribution in [3.8, 4) is 27.9 Å². The summed E-state index contributed by atoms with van der Waals surface area (Å²) < 4.78 is 8.97. The first kappa shape index (κ1) is 31.2. The van der Waals surface area contributed by atoms with Crippen molar-refractivity contribution in [1.29, 1.82) is 0 Å². The fraction of sp³-hybridized carbons (Fsp3) is 0. The largest absolute Gasteiger partial charge is 0.455 e. The smallest absolute Gasteiger partial charge is 0.143 e. The van der Waals surface area contributed by atoms with Crippen molar-refractivity contribution in [2.45, 2.75) is 0 Å². The standard InChI is InChI=1S/C52H34N2O/c1-3-13-35(14-4-1)38-16-11-19-42(33-38)53(49-24-12-22-46-44-21-9-10-23-48(44)54(51(46)49)40-17-5-2-6-18-40)41-29-25-36(26-30-41)39-28-31-45-47-32-27-37-15-7-8-20-43(37)52(47)55-50(45)34-39/h1-34H. The minimum absolute atomic E-state index is 0.896. The van der Waals surface area contributed by atoms with Crippen LogP contribution < -0.4 is 4.90 Å². The number of para-hydroxylation sites is 3. The molecule has 0 saturated carbocycles. The molecule has 2 aromatic heterocycles. The molecule has 0 N–H and O–H groups in total. The van der Waals surface area contributed by atoms with Gasteiger partial charge in [-0.3, -0.25) is 0 Å². The number of aromatic nitrogens is 1. The van der Waals surface area contributed by atoms with Gasteiger partial charge in [-0.1, -0.05) is 140 Å². The molecule has 55 heavy (non-hydrogen) atoms. The summed E-state index contributed by atoms with van der Waals surface area (Å²) in [5.41, 5.74) is 13.2. The Labute approximate surface area is 318 Å². The first-order valence-electron chi connectivity index (χ1n) is 18.8. The zero-order valence-electron chi connectivity index (χ0n) is 29.9. The molecule has 0 atom stereocenters. The van der Waals surface area contributed by atoms with E-state index in [2.05, 4.69) is 216 Å². The number of nitrogens with zero attached hydrogens (tertiary/aromatic N) is 2. The highest BCUT2D eigenvalue weighted by atomic mass is 16.3. The van der Waals surface area contributed by atoms with Gasteiger partial charge in [-0.05, 0) is 94.4 Å². The molecule has 0 spiro atoms. The van der Waals surface area contributed by atoms with Gasteiger partial charge in [-0.2, -0.15) is 0 Å². The highest BCUT2D eigenvalue weighted by Crippen LogP contribution is 2.44. The van der Waals surface area contributed by atoms with Gasteiger partial charge in [0.15, 0.2) is 0 Å². The van der Waals surface area contributed by atoms with E-state index < -0.39 is 0 Å². The third-order valence-electron chi connectivity index (χ3n) is 11.0. The highest BCUT2D eigenvalue weighted by molar-refractivity contribution is 6.16. The topological polar surface area (TPSA) is 21.3 Å². The molecular formula is C52H34N2O. The minimum atomic E-state index is 0.896. The van der Waals surface area contributed by atoms with E-state index in [0.717, 1.165) is 66.7 Å². The summed E-state index contributed by atoms with van der Waals surface area (Å²) in [7, 11) is 0. The third kappa shape index (κ3) is 5.13. The number of anilines is 3. The van der Waals surface area contributed by atoms with Crippen LogP contribution in [0.15, 0.2) is 211 Å². The summed E-state index contributed by atoms with van der Waals surface area (Å²) in [5.74, 6) is 0. The number of hydrogen-bond acceptors (Lipinski definition) is 2. The molecular weight excluding hydrogens is 669 g/mol. The second-order valence-electron chi connectivity index (χ2n) is 14.1. The van der Waals surface area contributed by atoms with Crippen molar-refractivity contribution in [3.63, 3.8) is 0 Å². The van der Waals surface area contributed by atoms with Gasteiger partial charge in [0.05, 0.1) is 16.7 Å². The Hall–Kier alpha value is -7.36. The van der Waals surface area contributed by atoms with Crippen molar-refractivity contribution >= 4 is 71.6 Å². The Balaban J connectivity index is 1.09. The van der Waals surface area contributed by atoms with E-state index in [-0.39, 0.29) is 0 Å². The van der Waals surface area contributed by atoms with Crippen molar-refractivity contribution in [1.82, 2.24) is 4.57 Å². The van der Waals surface area contributed by atoms with Crippen LogP contribution in [0.4, 0.5) is 17.1 Å². The van der Waals surface area contributed by atoms with Crippen LogP contribution in [-0.2, 0) is 0 Å². The molecule has 0 radical (unpaired) electrons. The van der Waals surface area contributed by atoms with Crippen LogP contribution in [0.3, 0.4) is 0 Å². The lowest BCUT2D eigenvalue weighted by Crippen LogP contribution is -2.11. The number of benzene rings is 9. The van der Waals surface area contributed by atoms with E-state index in [1.807, 2.05) is 0 Å². The van der Waals surface area contributed by atoms with Crippen LogP contribution in [0.2, 0.25) is 0 Å². The van der Waals surface area contributed by atoms with Gasteiger partial charge >= 0.3 is 0 Å². The molecule has 0 aliphatic carbocycles. The lowest BCUT2D eigenvalue weighted by Gasteiger charge is -2.28. The van der Waals surface area contributed by atoms with Gasteiger partial charge in [0.2, 0.25) is 0 Å². The minimum Gasteiger partial charge on any atom is -0.455 e. The van der Waals surface area contributed by atoms with Crippen LogP contribution in [0, 0.1) is 0 Å². The van der Waals surface area contributed by atoms with E-state index in [1.54, 1.807) is 0 Å². The Morgan fingerprint density at radius 1 is 0.382 bits per heavy atom. The van der Waals surface area contributed by atoms with Crippen LogP contribution in [0.5, 0.6) is 0 Å². The van der Waals surface area contributed by atoms with Gasteiger partial charge in [0.1, 0.15) is 11.2 Å². The number of fused-ring (bicyclic) bond motifs is 8. The number of furan rings is 1. The summed E-state index contributed by atoms with van der Waals surface area (Å²) in [6.07, 6.45) is 0. The molecule has 3 heteroatoms. The summed E-state index contributed by atoms with van der Waals surface area (Å²) in [6.45, 7) is 0. The maximum atomic E-state index is 6.56. The van der Waals surface area contributed by atoms with Crippen molar-refractivity contribution in [3.05, 3.63) is 206 Å². The molecule has 258 valence electrons. The molecule has 0 bridgehead atoms. The van der Waals surface area contributed by atoms with Crippen molar-refractivity contribution < 1.29 is 4.42 Å². The van der Waals surface area contributed by atoms with Gasteiger partial charge in [-0.15, -0.1) is 0 Å². The predicted octanol–water partition coefficient (Wildman–Crippen LogP) is 14.6. The van der Waals surface area contributed by atoms with E-state index >= 15 is 0 Å². The summed E-state index contributed by atoms with van der Waals surface area (Å²) in [4.78, 5) is 2.41. The second-order valence-corrected chi connectivity index (χ2v) is 14.1. The Morgan fingerprint density at radius 3 is 1.87 bits per heavy atom. The number of hydrogen-bond donors (Lipinski definition) is 0. The highest BCUT2D eigenvalue weighted by Gasteiger charge is 2.22. The molecule has 0 aliphatic rings. The van der Waals surface area contributed by atoms with Gasteiger partial charge in [0.25, 0.3) is 0 Å². The fourth-order valence-corrected chi connectivity index (χ4v) is 8.40. The molecule has 0 saturated heterocycles. The molecule has 11 aromatic rings. The zero-order chi connectivity index (χ0) is 36.3. The maximum Gasteiger partial charge on any atom is 0.143 e. The molecule has 0 aliphatic heterocycles. The Kier molecular flexibility index (Phi) is 7.17. The lowest BCUT2D eigenvalue weighted by molar-refractivity contribution is 0.673. The van der Waals surface area contributed by atoms with Crippen LogP contribution in [0.25, 0.3) is 82.5 Å². The zero-order valence-corrected chi connectivity index (χ0v) is 29.9. The second kappa shape index (κ2) is 12.6. The third-order valence-corrected chi connectivity index (χ3v) is 11.0. The normalized spacial score (nSPS) is 11.6. The summed E-state index contributed by atoms with van der Waals surface area (Å²) in [5, 5.41) is 7.04. The molecule has 0 unspecified atom stereocenters. The van der Waals surface area contributed by atoms with E-state index in [1.165, 1.54) is 32.8 Å². The first-order chi connectivity index (χ1) is 27.3. The monoisotopic (exact) mass is 702 g/mol. The van der Waals surface area contributed by atoms with E-state index in [0.29, 0.717) is 0 Å². The SMILES string of the molecule is c1ccc(-c2cccc(N(c3ccc(-c4ccc5c(c4)oc4c6ccccc6ccc54)cc3)c3cccc4c5ccccc5n(-c5ccccc5)c34)c2)cc1. The molecule has 2 heterocycles. The van der Waals surface area contributed by atoms with Gasteiger partial charge < -0.3 is 13.9 Å². The van der Waals surface area contributed by atoms with Crippen LogP contribution in [0.1, 0.15) is 0 Å². The van der Waals surface area contributed by atoms with Gasteiger partial charge in [-0.25, -0.2) is 0 Å². The Morgan fingerprint density at radius 2 is 1.02 bits per heavy atom. The Bertz CT molecular complexity index is 3190. The average molecular weight is 703 g/mol. The lowest BCUT2D eigenvalue weighted by atomic mass is 10.0. The quantitative estimate of drug-likeness (QED) is 0.172. The molecule has 11 rings (SSSR count). The molecule has 0 fully saturated rings. The van der Waals surface area contributed by atoms with Crippen LogP contribution in [-0.4, -0.2) is 4.57 Å².